The van der Waals surface area contributed by atoms with E-state index in [2.05, 4.69) is 4.98 Å². The highest BCUT2D eigenvalue weighted by Gasteiger charge is 2.43. The molecule has 6 heteroatoms. The van der Waals surface area contributed by atoms with Crippen LogP contribution >= 0.6 is 0 Å². The highest BCUT2D eigenvalue weighted by atomic mass is 32.2. The minimum atomic E-state index is -3.70. The Hall–Kier alpha value is -2.54. The van der Waals surface area contributed by atoms with Crippen LogP contribution < -0.4 is 0 Å². The van der Waals surface area contributed by atoms with Gasteiger partial charge >= 0.3 is 0 Å². The lowest BCUT2D eigenvalue weighted by molar-refractivity contribution is 0.0800. The van der Waals surface area contributed by atoms with Crippen LogP contribution in [0.3, 0.4) is 0 Å². The van der Waals surface area contributed by atoms with E-state index in [0.29, 0.717) is 24.9 Å². The highest BCUT2D eigenvalue weighted by Crippen LogP contribution is 2.38. The molecule has 1 aliphatic rings. The van der Waals surface area contributed by atoms with Crippen LogP contribution in [0.4, 0.5) is 0 Å². The second kappa shape index (κ2) is 7.83. The van der Waals surface area contributed by atoms with E-state index in [9.17, 15) is 13.5 Å². The van der Waals surface area contributed by atoms with Crippen LogP contribution in [0.25, 0.3) is 0 Å². The summed E-state index contributed by atoms with van der Waals surface area (Å²) in [4.78, 5) is 4.32. The smallest absolute Gasteiger partial charge is 0.243 e. The van der Waals surface area contributed by atoms with Gasteiger partial charge in [-0.25, -0.2) is 8.42 Å². The maximum Gasteiger partial charge on any atom is 0.243 e. The van der Waals surface area contributed by atoms with Crippen molar-refractivity contribution in [1.29, 1.82) is 0 Å². The van der Waals surface area contributed by atoms with Gasteiger partial charge in [-0.05, 0) is 36.1 Å². The standard InChI is InChI=1S/C22H22N2O3S/c25-22-19-10-4-5-11-21(19)28(26,27)24(14-12-17-7-2-1-3-8-17)20(22)15-18-9-6-13-23-16-18/h1-11,13,16,20,22,25H,12,14-15H2/t20-,22-/m0/s1. The zero-order valence-corrected chi connectivity index (χ0v) is 16.2. The summed E-state index contributed by atoms with van der Waals surface area (Å²) in [6, 6.07) is 19.7. The van der Waals surface area contributed by atoms with Crippen LogP contribution in [0.5, 0.6) is 0 Å². The molecule has 1 aliphatic heterocycles. The van der Waals surface area contributed by atoms with Gasteiger partial charge in [0.25, 0.3) is 0 Å². The quantitative estimate of drug-likeness (QED) is 0.722. The molecule has 0 spiro atoms. The van der Waals surface area contributed by atoms with Gasteiger partial charge in [0.05, 0.1) is 17.0 Å². The van der Waals surface area contributed by atoms with Crippen LogP contribution in [0, 0.1) is 0 Å². The van der Waals surface area contributed by atoms with Crippen molar-refractivity contribution in [2.24, 2.45) is 0 Å². The van der Waals surface area contributed by atoms with E-state index in [-0.39, 0.29) is 4.90 Å². The molecule has 0 bridgehead atoms. The third-order valence-corrected chi connectivity index (χ3v) is 7.19. The van der Waals surface area contributed by atoms with Gasteiger partial charge in [0.15, 0.2) is 0 Å². The minimum Gasteiger partial charge on any atom is -0.387 e. The topological polar surface area (TPSA) is 70.5 Å². The first-order valence-corrected chi connectivity index (χ1v) is 10.7. The van der Waals surface area contributed by atoms with E-state index in [1.54, 1.807) is 36.7 Å². The van der Waals surface area contributed by atoms with Crippen molar-refractivity contribution in [2.75, 3.05) is 6.54 Å². The summed E-state index contributed by atoms with van der Waals surface area (Å²) in [7, 11) is -3.70. The Balaban J connectivity index is 1.71. The Bertz CT molecular complexity index is 1040. The average molecular weight is 394 g/mol. The van der Waals surface area contributed by atoms with E-state index in [1.807, 2.05) is 42.5 Å². The van der Waals surface area contributed by atoms with Gasteiger partial charge in [-0.2, -0.15) is 4.31 Å². The predicted molar refractivity (Wildman–Crippen MR) is 107 cm³/mol. The summed E-state index contributed by atoms with van der Waals surface area (Å²) in [6.07, 6.45) is 3.49. The second-order valence-corrected chi connectivity index (χ2v) is 8.83. The molecular formula is C22H22N2O3S. The van der Waals surface area contributed by atoms with Crippen LogP contribution in [-0.2, 0) is 22.9 Å². The summed E-state index contributed by atoms with van der Waals surface area (Å²) in [5, 5.41) is 11.1. The molecule has 1 aromatic heterocycles. The number of benzene rings is 2. The van der Waals surface area contributed by atoms with E-state index in [1.165, 1.54) is 4.31 Å². The zero-order valence-electron chi connectivity index (χ0n) is 15.3. The molecule has 28 heavy (non-hydrogen) atoms. The van der Waals surface area contributed by atoms with E-state index >= 15 is 0 Å². The Morgan fingerprint density at radius 1 is 0.929 bits per heavy atom. The van der Waals surface area contributed by atoms with Crippen molar-refractivity contribution in [3.05, 3.63) is 95.8 Å². The van der Waals surface area contributed by atoms with Crippen molar-refractivity contribution < 1.29 is 13.5 Å². The highest BCUT2D eigenvalue weighted by molar-refractivity contribution is 7.89. The third-order valence-electron chi connectivity index (χ3n) is 5.19. The molecule has 144 valence electrons. The third kappa shape index (κ3) is 3.58. The second-order valence-electron chi connectivity index (χ2n) is 6.97. The molecule has 4 rings (SSSR count). The van der Waals surface area contributed by atoms with Crippen LogP contribution in [0.2, 0.25) is 0 Å². The van der Waals surface area contributed by atoms with Crippen LogP contribution in [0.1, 0.15) is 22.8 Å². The number of aliphatic hydroxyl groups excluding tert-OH is 1. The van der Waals surface area contributed by atoms with E-state index in [0.717, 1.165) is 11.1 Å². The Kier molecular flexibility index (Phi) is 5.26. The lowest BCUT2D eigenvalue weighted by Gasteiger charge is -2.39. The first-order chi connectivity index (χ1) is 13.6. The van der Waals surface area contributed by atoms with Gasteiger partial charge < -0.3 is 5.11 Å². The number of sulfonamides is 1. The van der Waals surface area contributed by atoms with Crippen molar-refractivity contribution in [3.8, 4) is 0 Å². The minimum absolute atomic E-state index is 0.193. The fourth-order valence-corrected chi connectivity index (χ4v) is 5.64. The molecule has 0 amide bonds. The predicted octanol–water partition coefficient (Wildman–Crippen LogP) is 2.97. The molecule has 0 saturated carbocycles. The molecule has 3 aromatic rings. The number of rotatable bonds is 5. The molecule has 2 heterocycles. The van der Waals surface area contributed by atoms with Gasteiger partial charge in [-0.15, -0.1) is 0 Å². The molecule has 0 fully saturated rings. The molecule has 0 unspecified atom stereocenters. The Labute approximate surface area is 165 Å². The van der Waals surface area contributed by atoms with Gasteiger partial charge in [0.1, 0.15) is 0 Å². The lowest BCUT2D eigenvalue weighted by Crippen LogP contribution is -2.49. The van der Waals surface area contributed by atoms with Crippen molar-refractivity contribution in [3.63, 3.8) is 0 Å². The van der Waals surface area contributed by atoms with Gasteiger partial charge in [-0.3, -0.25) is 4.98 Å². The summed E-state index contributed by atoms with van der Waals surface area (Å²) in [5.74, 6) is 0. The molecule has 2 atom stereocenters. The normalized spacial score (nSPS) is 21.2. The van der Waals surface area contributed by atoms with Gasteiger partial charge in [-0.1, -0.05) is 54.6 Å². The number of hydrogen-bond acceptors (Lipinski definition) is 4. The van der Waals surface area contributed by atoms with Crippen molar-refractivity contribution in [1.82, 2.24) is 9.29 Å². The molecule has 0 aliphatic carbocycles. The van der Waals surface area contributed by atoms with Crippen LogP contribution in [-0.4, -0.2) is 35.4 Å². The van der Waals surface area contributed by atoms with Crippen LogP contribution in [0.15, 0.2) is 84.0 Å². The Morgan fingerprint density at radius 3 is 2.39 bits per heavy atom. The molecule has 0 saturated heterocycles. The first kappa shape index (κ1) is 18.8. The first-order valence-electron chi connectivity index (χ1n) is 9.29. The monoisotopic (exact) mass is 394 g/mol. The average Bonchev–Trinajstić information content (AvgIpc) is 2.73. The van der Waals surface area contributed by atoms with E-state index < -0.39 is 22.2 Å². The van der Waals surface area contributed by atoms with Gasteiger partial charge in [0, 0.05) is 24.5 Å². The summed E-state index contributed by atoms with van der Waals surface area (Å²) in [6.45, 7) is 0.308. The molecule has 2 aromatic carbocycles. The van der Waals surface area contributed by atoms with Crippen molar-refractivity contribution >= 4 is 10.0 Å². The molecule has 1 N–H and O–H groups in total. The Morgan fingerprint density at radius 2 is 1.64 bits per heavy atom. The fraction of sp³-hybridized carbons (Fsp3) is 0.227. The SMILES string of the molecule is O=S1(=O)c2ccccc2[C@H](O)[C@H](Cc2cccnc2)N1CCc1ccccc1. The lowest BCUT2D eigenvalue weighted by atomic mass is 9.96. The van der Waals surface area contributed by atoms with Crippen molar-refractivity contribution in [2.45, 2.75) is 29.9 Å². The largest absolute Gasteiger partial charge is 0.387 e. The fourth-order valence-electron chi connectivity index (χ4n) is 3.77. The number of pyridine rings is 1. The maximum absolute atomic E-state index is 13.4. The van der Waals surface area contributed by atoms with E-state index in [4.69, 9.17) is 0 Å². The molecular weight excluding hydrogens is 372 g/mol. The zero-order chi connectivity index (χ0) is 19.6. The number of aliphatic hydroxyl groups is 1. The molecule has 5 nitrogen and oxygen atoms in total. The molecule has 0 radical (unpaired) electrons. The summed E-state index contributed by atoms with van der Waals surface area (Å²) < 4.78 is 28.2. The number of fused-ring (bicyclic) bond motifs is 1. The summed E-state index contributed by atoms with van der Waals surface area (Å²) in [5.41, 5.74) is 2.42. The van der Waals surface area contributed by atoms with Gasteiger partial charge in [0.2, 0.25) is 10.0 Å². The number of nitrogens with zero attached hydrogens (tertiary/aromatic N) is 2. The number of aromatic nitrogens is 1. The summed E-state index contributed by atoms with van der Waals surface area (Å²) >= 11 is 0. The maximum atomic E-state index is 13.4. The number of hydrogen-bond donors (Lipinski definition) is 1.